The molecule has 0 saturated carbocycles. The second kappa shape index (κ2) is 3.07. The number of nitrogens with one attached hydrogen (secondary N) is 1. The van der Waals surface area contributed by atoms with E-state index in [1.54, 1.807) is 13.0 Å². The van der Waals surface area contributed by atoms with Crippen molar-refractivity contribution in [1.82, 2.24) is 5.32 Å². The van der Waals surface area contributed by atoms with E-state index in [4.69, 9.17) is 0 Å². The Morgan fingerprint density at radius 2 is 2.00 bits per heavy atom. The minimum absolute atomic E-state index is 0.355. The number of aryl methyl sites for hydroxylation is 1. The van der Waals surface area contributed by atoms with E-state index in [0.29, 0.717) is 11.5 Å². The Labute approximate surface area is 75.8 Å². The molecule has 0 atom stereocenters. The van der Waals surface area contributed by atoms with E-state index in [9.17, 15) is 8.78 Å². The van der Waals surface area contributed by atoms with Crippen molar-refractivity contribution in [3.63, 3.8) is 0 Å². The molecule has 3 heteroatoms. The molecule has 0 aromatic heterocycles. The summed E-state index contributed by atoms with van der Waals surface area (Å²) in [6, 6.07) is 3.03. The second-order valence-electron chi connectivity index (χ2n) is 3.49. The second-order valence-corrected chi connectivity index (χ2v) is 3.49. The van der Waals surface area contributed by atoms with Crippen LogP contribution in [0.1, 0.15) is 17.0 Å². The third-order valence-corrected chi connectivity index (χ3v) is 2.49. The van der Waals surface area contributed by atoms with Crippen LogP contribution in [-0.4, -0.2) is 13.1 Å². The maximum Gasteiger partial charge on any atom is 0.161 e. The molecule has 1 aliphatic heterocycles. The van der Waals surface area contributed by atoms with Crippen molar-refractivity contribution >= 4 is 0 Å². The summed E-state index contributed by atoms with van der Waals surface area (Å²) >= 11 is 0. The summed E-state index contributed by atoms with van der Waals surface area (Å²) in [5, 5.41) is 3.10. The van der Waals surface area contributed by atoms with Gasteiger partial charge in [0.2, 0.25) is 0 Å². The number of rotatable bonds is 1. The van der Waals surface area contributed by atoms with Crippen molar-refractivity contribution < 1.29 is 8.78 Å². The Balaban J connectivity index is 2.37. The Hall–Kier alpha value is -0.960. The van der Waals surface area contributed by atoms with Crippen LogP contribution in [0.4, 0.5) is 8.78 Å². The summed E-state index contributed by atoms with van der Waals surface area (Å²) in [6.45, 7) is 3.32. The van der Waals surface area contributed by atoms with Crippen molar-refractivity contribution in [3.8, 4) is 0 Å². The van der Waals surface area contributed by atoms with Crippen molar-refractivity contribution in [2.45, 2.75) is 12.8 Å². The summed E-state index contributed by atoms with van der Waals surface area (Å²) in [6.07, 6.45) is 0. The highest BCUT2D eigenvalue weighted by atomic mass is 19.2. The summed E-state index contributed by atoms with van der Waals surface area (Å²) in [5.41, 5.74) is 1.29. The van der Waals surface area contributed by atoms with E-state index < -0.39 is 11.6 Å². The molecule has 1 nitrogen and oxygen atoms in total. The van der Waals surface area contributed by atoms with Crippen LogP contribution in [0, 0.1) is 18.6 Å². The summed E-state index contributed by atoms with van der Waals surface area (Å²) in [5.74, 6) is -1.10. The largest absolute Gasteiger partial charge is 0.315 e. The topological polar surface area (TPSA) is 12.0 Å². The molecular weight excluding hydrogens is 172 g/mol. The molecule has 1 N–H and O–H groups in total. The molecule has 1 saturated heterocycles. The highest BCUT2D eigenvalue weighted by Crippen LogP contribution is 2.23. The first-order chi connectivity index (χ1) is 6.18. The van der Waals surface area contributed by atoms with Crippen molar-refractivity contribution in [2.75, 3.05) is 13.1 Å². The number of halogens is 2. The van der Waals surface area contributed by atoms with E-state index in [1.165, 1.54) is 6.07 Å². The molecular formula is C10H11F2N. The van der Waals surface area contributed by atoms with Crippen LogP contribution in [0.5, 0.6) is 0 Å². The summed E-state index contributed by atoms with van der Waals surface area (Å²) in [4.78, 5) is 0. The van der Waals surface area contributed by atoms with Crippen LogP contribution < -0.4 is 5.32 Å². The first-order valence-electron chi connectivity index (χ1n) is 4.34. The van der Waals surface area contributed by atoms with E-state index >= 15 is 0 Å². The lowest BCUT2D eigenvalue weighted by atomic mass is 9.92. The van der Waals surface area contributed by atoms with Gasteiger partial charge in [0.05, 0.1) is 0 Å². The number of hydrogen-bond donors (Lipinski definition) is 1. The lowest BCUT2D eigenvalue weighted by Gasteiger charge is -2.27. The first kappa shape index (κ1) is 8.63. The normalized spacial score (nSPS) is 17.2. The average molecular weight is 183 g/mol. The van der Waals surface area contributed by atoms with Crippen LogP contribution >= 0.6 is 0 Å². The number of hydrogen-bond acceptors (Lipinski definition) is 1. The molecule has 0 amide bonds. The van der Waals surface area contributed by atoms with Gasteiger partial charge in [-0.15, -0.1) is 0 Å². The zero-order chi connectivity index (χ0) is 9.42. The summed E-state index contributed by atoms with van der Waals surface area (Å²) in [7, 11) is 0. The molecule has 1 aliphatic rings. The third-order valence-electron chi connectivity index (χ3n) is 2.49. The van der Waals surface area contributed by atoms with Gasteiger partial charge in [-0.2, -0.15) is 0 Å². The SMILES string of the molecule is Cc1cc(C2CNC2)cc(F)c1F. The highest BCUT2D eigenvalue weighted by Gasteiger charge is 2.20. The van der Waals surface area contributed by atoms with E-state index in [-0.39, 0.29) is 0 Å². The van der Waals surface area contributed by atoms with Crippen LogP contribution in [0.15, 0.2) is 12.1 Å². The molecule has 13 heavy (non-hydrogen) atoms. The zero-order valence-electron chi connectivity index (χ0n) is 7.40. The quantitative estimate of drug-likeness (QED) is 0.701. The van der Waals surface area contributed by atoms with Gasteiger partial charge in [0.1, 0.15) is 0 Å². The minimum Gasteiger partial charge on any atom is -0.315 e. The van der Waals surface area contributed by atoms with Gasteiger partial charge in [-0.05, 0) is 24.1 Å². The first-order valence-corrected chi connectivity index (χ1v) is 4.34. The smallest absolute Gasteiger partial charge is 0.161 e. The molecule has 0 bridgehead atoms. The minimum atomic E-state index is -0.734. The summed E-state index contributed by atoms with van der Waals surface area (Å²) < 4.78 is 25.9. The van der Waals surface area contributed by atoms with E-state index in [0.717, 1.165) is 18.7 Å². The molecule has 0 radical (unpaired) electrons. The fourth-order valence-corrected chi connectivity index (χ4v) is 1.51. The van der Waals surface area contributed by atoms with Gasteiger partial charge in [-0.1, -0.05) is 6.07 Å². The predicted molar refractivity (Wildman–Crippen MR) is 46.7 cm³/mol. The van der Waals surface area contributed by atoms with Gasteiger partial charge >= 0.3 is 0 Å². The standard InChI is InChI=1S/C10H11F2N/c1-6-2-7(8-4-13-5-8)3-9(11)10(6)12/h2-3,8,13H,4-5H2,1H3. The van der Waals surface area contributed by atoms with E-state index in [1.807, 2.05) is 0 Å². The maximum absolute atomic E-state index is 13.0. The van der Waals surface area contributed by atoms with Crippen LogP contribution in [0.25, 0.3) is 0 Å². The molecule has 1 aromatic carbocycles. The Morgan fingerprint density at radius 1 is 1.31 bits per heavy atom. The lowest BCUT2D eigenvalue weighted by molar-refractivity contribution is 0.441. The fraction of sp³-hybridized carbons (Fsp3) is 0.400. The maximum atomic E-state index is 13.0. The van der Waals surface area contributed by atoms with Crippen LogP contribution in [-0.2, 0) is 0 Å². The fourth-order valence-electron chi connectivity index (χ4n) is 1.51. The predicted octanol–water partition coefficient (Wildman–Crippen LogP) is 1.96. The molecule has 1 fully saturated rings. The average Bonchev–Trinajstić information content (AvgIpc) is 1.96. The Bertz CT molecular complexity index is 309. The van der Waals surface area contributed by atoms with Gasteiger partial charge in [-0.25, -0.2) is 8.78 Å². The van der Waals surface area contributed by atoms with Crippen LogP contribution in [0.3, 0.4) is 0 Å². The van der Waals surface area contributed by atoms with Crippen LogP contribution in [0.2, 0.25) is 0 Å². The molecule has 0 spiro atoms. The van der Waals surface area contributed by atoms with Gasteiger partial charge in [-0.3, -0.25) is 0 Å². The molecule has 0 aliphatic carbocycles. The van der Waals surface area contributed by atoms with Crippen molar-refractivity contribution in [1.29, 1.82) is 0 Å². The van der Waals surface area contributed by atoms with E-state index in [2.05, 4.69) is 5.32 Å². The molecule has 1 aromatic rings. The van der Waals surface area contributed by atoms with Gasteiger partial charge in [0.15, 0.2) is 11.6 Å². The highest BCUT2D eigenvalue weighted by molar-refractivity contribution is 5.29. The van der Waals surface area contributed by atoms with Crippen molar-refractivity contribution in [3.05, 3.63) is 34.9 Å². The third kappa shape index (κ3) is 1.44. The van der Waals surface area contributed by atoms with Gasteiger partial charge < -0.3 is 5.32 Å². The molecule has 0 unspecified atom stereocenters. The Morgan fingerprint density at radius 3 is 2.46 bits per heavy atom. The molecule has 70 valence electrons. The zero-order valence-corrected chi connectivity index (χ0v) is 7.40. The van der Waals surface area contributed by atoms with Crippen molar-refractivity contribution in [2.24, 2.45) is 0 Å². The number of benzene rings is 1. The lowest BCUT2D eigenvalue weighted by Crippen LogP contribution is -2.39. The molecule has 2 rings (SSSR count). The Kier molecular flexibility index (Phi) is 2.04. The van der Waals surface area contributed by atoms with Gasteiger partial charge in [0, 0.05) is 19.0 Å². The monoisotopic (exact) mass is 183 g/mol. The van der Waals surface area contributed by atoms with Gasteiger partial charge in [0.25, 0.3) is 0 Å². The molecule has 1 heterocycles.